The third-order valence-corrected chi connectivity index (χ3v) is 0.239. The maximum absolute atomic E-state index is 4.65. The van der Waals surface area contributed by atoms with E-state index in [4.69, 9.17) is 0 Å². The molecule has 0 atom stereocenters. The summed E-state index contributed by atoms with van der Waals surface area (Å²) in [5, 5.41) is 0. The lowest BCUT2D eigenvalue weighted by molar-refractivity contribution is 0.582. The first-order valence-corrected chi connectivity index (χ1v) is 1.46. The van der Waals surface area contributed by atoms with E-state index in [2.05, 4.69) is 28.5 Å². The first kappa shape index (κ1) is 9.48. The van der Waals surface area contributed by atoms with Gasteiger partial charge in [-0.2, -0.15) is 0 Å². The average Bonchev–Trinajstić information content (AvgIpc) is 1.61. The van der Waals surface area contributed by atoms with Gasteiger partial charge in [0.05, 0.1) is 0 Å². The van der Waals surface area contributed by atoms with Crippen LogP contribution in [0.3, 0.4) is 0 Å². The molecule has 7 heavy (non-hydrogen) atoms. The number of rotatable bonds is 0. The standard InChI is InChI=1S/C4HClO.H2O/c1-2-3-4-6-5;/h1H;1H2. The quantitative estimate of drug-likeness (QED) is 0.411. The van der Waals surface area contributed by atoms with E-state index in [1.54, 1.807) is 0 Å². The molecule has 38 valence electrons. The lowest BCUT2D eigenvalue weighted by Crippen LogP contribution is -1.50. The van der Waals surface area contributed by atoms with Crippen molar-refractivity contribution < 1.29 is 9.77 Å². The Kier molecular flexibility index (Phi) is 12.1. The van der Waals surface area contributed by atoms with Gasteiger partial charge >= 0.3 is 0 Å². The van der Waals surface area contributed by atoms with Gasteiger partial charge in [-0.05, 0) is 5.92 Å². The molecule has 0 heterocycles. The SMILES string of the molecule is C#CC#COCl.O. The third-order valence-electron chi connectivity index (χ3n) is 0.162. The van der Waals surface area contributed by atoms with Crippen LogP contribution in [0.15, 0.2) is 0 Å². The van der Waals surface area contributed by atoms with E-state index in [-0.39, 0.29) is 5.48 Å². The lowest BCUT2D eigenvalue weighted by atomic mass is 10.7. The molecule has 0 aromatic heterocycles. The molecule has 0 saturated heterocycles. The van der Waals surface area contributed by atoms with E-state index >= 15 is 0 Å². The minimum Gasteiger partial charge on any atom is -0.412 e. The summed E-state index contributed by atoms with van der Waals surface area (Å²) in [7, 11) is 0. The molecule has 0 aromatic carbocycles. The molecule has 0 rings (SSSR count). The Balaban J connectivity index is 0. The van der Waals surface area contributed by atoms with Crippen LogP contribution in [-0.2, 0) is 4.29 Å². The predicted molar refractivity (Wildman–Crippen MR) is 27.2 cm³/mol. The Morgan fingerprint density at radius 2 is 2.14 bits per heavy atom. The van der Waals surface area contributed by atoms with Crippen LogP contribution in [0, 0.1) is 24.4 Å². The van der Waals surface area contributed by atoms with E-state index in [1.807, 2.05) is 12.0 Å². The second-order valence-electron chi connectivity index (χ2n) is 0.449. The van der Waals surface area contributed by atoms with Gasteiger partial charge in [0.25, 0.3) is 0 Å². The maximum atomic E-state index is 4.65. The summed E-state index contributed by atoms with van der Waals surface area (Å²) in [6.45, 7) is 0. The molecule has 0 saturated carbocycles. The Labute approximate surface area is 46.9 Å². The smallest absolute Gasteiger partial charge is 0.150 e. The van der Waals surface area contributed by atoms with Crippen LogP contribution in [0.4, 0.5) is 0 Å². The fourth-order valence-corrected chi connectivity index (χ4v) is 0.0873. The van der Waals surface area contributed by atoms with Crippen molar-refractivity contribution in [3.8, 4) is 24.4 Å². The molecule has 0 amide bonds. The molecular formula is C4H3ClO2. The van der Waals surface area contributed by atoms with Crippen molar-refractivity contribution in [2.24, 2.45) is 0 Å². The molecule has 0 spiro atoms. The number of hydrogen-bond acceptors (Lipinski definition) is 1. The molecule has 0 aromatic rings. The summed E-state index contributed by atoms with van der Waals surface area (Å²) in [5.74, 6) is 4.12. The minimum atomic E-state index is 0. The van der Waals surface area contributed by atoms with Gasteiger partial charge in [0.1, 0.15) is 11.9 Å². The van der Waals surface area contributed by atoms with Gasteiger partial charge in [0.2, 0.25) is 0 Å². The Hall–Kier alpha value is -0.830. The number of hydrogen-bond donors (Lipinski definition) is 0. The molecule has 3 heteroatoms. The van der Waals surface area contributed by atoms with Crippen LogP contribution >= 0.6 is 11.9 Å². The van der Waals surface area contributed by atoms with Gasteiger partial charge in [0.15, 0.2) is 6.11 Å². The van der Waals surface area contributed by atoms with E-state index in [0.717, 1.165) is 0 Å². The van der Waals surface area contributed by atoms with Crippen molar-refractivity contribution >= 4 is 11.9 Å². The van der Waals surface area contributed by atoms with Crippen LogP contribution in [0.25, 0.3) is 0 Å². The average molecular weight is 119 g/mol. The van der Waals surface area contributed by atoms with Crippen molar-refractivity contribution in [1.82, 2.24) is 0 Å². The largest absolute Gasteiger partial charge is 0.412 e. The normalized spacial score (nSPS) is 3.43. The van der Waals surface area contributed by atoms with Gasteiger partial charge in [-0.15, -0.1) is 6.42 Å². The summed E-state index contributed by atoms with van der Waals surface area (Å²) in [4.78, 5) is 0. The molecule has 0 radical (unpaired) electrons. The van der Waals surface area contributed by atoms with Crippen LogP contribution < -0.4 is 0 Å². The van der Waals surface area contributed by atoms with Gasteiger partial charge in [0, 0.05) is 5.92 Å². The zero-order chi connectivity index (χ0) is 4.83. The molecule has 0 aliphatic heterocycles. The van der Waals surface area contributed by atoms with Crippen molar-refractivity contribution in [3.63, 3.8) is 0 Å². The van der Waals surface area contributed by atoms with Crippen molar-refractivity contribution in [3.05, 3.63) is 0 Å². The highest BCUT2D eigenvalue weighted by atomic mass is 35.5. The van der Waals surface area contributed by atoms with Crippen LogP contribution in [0.5, 0.6) is 0 Å². The van der Waals surface area contributed by atoms with Crippen LogP contribution in [0.2, 0.25) is 0 Å². The van der Waals surface area contributed by atoms with Gasteiger partial charge in [-0.1, -0.05) is 0 Å². The topological polar surface area (TPSA) is 40.7 Å². The zero-order valence-electron chi connectivity index (χ0n) is 3.36. The van der Waals surface area contributed by atoms with Crippen molar-refractivity contribution in [2.75, 3.05) is 0 Å². The second kappa shape index (κ2) is 8.95. The lowest BCUT2D eigenvalue weighted by Gasteiger charge is -1.61. The molecule has 0 aliphatic rings. The molecule has 0 aliphatic carbocycles. The molecule has 0 unspecified atom stereocenters. The first-order chi connectivity index (χ1) is 2.91. The first-order valence-electron chi connectivity index (χ1n) is 1.15. The maximum Gasteiger partial charge on any atom is 0.150 e. The summed E-state index contributed by atoms with van der Waals surface area (Å²) < 4.78 is 3.75. The monoisotopic (exact) mass is 118 g/mol. The highest BCUT2D eigenvalue weighted by Crippen LogP contribution is 1.68. The zero-order valence-corrected chi connectivity index (χ0v) is 4.12. The van der Waals surface area contributed by atoms with E-state index < -0.39 is 0 Å². The van der Waals surface area contributed by atoms with E-state index in [1.165, 1.54) is 0 Å². The minimum absolute atomic E-state index is 0. The van der Waals surface area contributed by atoms with Gasteiger partial charge in [-0.25, -0.2) is 0 Å². The number of terminal acetylenes is 1. The Morgan fingerprint density at radius 1 is 1.57 bits per heavy atom. The molecule has 2 nitrogen and oxygen atoms in total. The predicted octanol–water partition coefficient (Wildman–Crippen LogP) is -0.0738. The second-order valence-corrected chi connectivity index (χ2v) is 0.603. The summed E-state index contributed by atoms with van der Waals surface area (Å²) in [6.07, 6.45) is 6.63. The van der Waals surface area contributed by atoms with Gasteiger partial charge < -0.3 is 9.77 Å². The molecule has 0 bridgehead atoms. The van der Waals surface area contributed by atoms with Crippen molar-refractivity contribution in [2.45, 2.75) is 0 Å². The Morgan fingerprint density at radius 3 is 2.29 bits per heavy atom. The molecular weight excluding hydrogens is 115 g/mol. The Bertz CT molecular complexity index is 114. The summed E-state index contributed by atoms with van der Waals surface area (Å²) in [5.41, 5.74) is 0. The third kappa shape index (κ3) is 11.0. The van der Waals surface area contributed by atoms with Crippen molar-refractivity contribution in [1.29, 1.82) is 0 Å². The highest BCUT2D eigenvalue weighted by Gasteiger charge is 1.51. The molecule has 0 fully saturated rings. The van der Waals surface area contributed by atoms with E-state index in [9.17, 15) is 0 Å². The van der Waals surface area contributed by atoms with Crippen LogP contribution in [-0.4, -0.2) is 5.48 Å². The highest BCUT2D eigenvalue weighted by molar-refractivity contribution is 6.08. The summed E-state index contributed by atoms with van der Waals surface area (Å²) >= 11 is 4.61. The molecule has 2 N–H and O–H groups in total. The number of halogens is 1. The fraction of sp³-hybridized carbons (Fsp3) is 0. The summed E-state index contributed by atoms with van der Waals surface area (Å²) in [6, 6.07) is 0. The van der Waals surface area contributed by atoms with Gasteiger partial charge in [-0.3, -0.25) is 0 Å². The van der Waals surface area contributed by atoms with Crippen LogP contribution in [0.1, 0.15) is 0 Å². The fourth-order valence-electron chi connectivity index (χ4n) is 0.0488. The van der Waals surface area contributed by atoms with E-state index in [0.29, 0.717) is 0 Å².